The third-order valence-electron chi connectivity index (χ3n) is 4.35. The van der Waals surface area contributed by atoms with Crippen LogP contribution in [0.3, 0.4) is 0 Å². The molecule has 0 spiro atoms. The molecule has 0 saturated carbocycles. The first-order valence-corrected chi connectivity index (χ1v) is 7.82. The van der Waals surface area contributed by atoms with E-state index in [-0.39, 0.29) is 0 Å². The number of benzene rings is 1. The van der Waals surface area contributed by atoms with Gasteiger partial charge in [0.2, 0.25) is 0 Å². The van der Waals surface area contributed by atoms with Crippen LogP contribution >= 0.6 is 0 Å². The standard InChI is InChI=1S/C20H26N2/c1-14-9-5-6-10-17(14)13-20(22-4)16(3)15(2)18-11-7-8-12-19(18)21/h5-6,9-12,22H,2,7-8,13,21H2,1,3-4H3/b20-16-. The Morgan fingerprint density at radius 2 is 1.91 bits per heavy atom. The van der Waals surface area contributed by atoms with Gasteiger partial charge in [0.1, 0.15) is 0 Å². The third-order valence-corrected chi connectivity index (χ3v) is 4.35. The average molecular weight is 294 g/mol. The number of rotatable bonds is 5. The van der Waals surface area contributed by atoms with Gasteiger partial charge in [-0.3, -0.25) is 0 Å². The Balaban J connectivity index is 2.29. The second kappa shape index (κ2) is 7.17. The van der Waals surface area contributed by atoms with Gasteiger partial charge in [0.05, 0.1) is 0 Å². The first-order chi connectivity index (χ1) is 10.5. The van der Waals surface area contributed by atoms with E-state index in [1.54, 1.807) is 0 Å². The molecule has 0 radical (unpaired) electrons. The van der Waals surface area contributed by atoms with E-state index < -0.39 is 0 Å². The fourth-order valence-electron chi connectivity index (χ4n) is 2.78. The zero-order valence-corrected chi connectivity index (χ0v) is 13.9. The Bertz CT molecular complexity index is 660. The van der Waals surface area contributed by atoms with E-state index in [4.69, 9.17) is 5.73 Å². The van der Waals surface area contributed by atoms with Crippen LogP contribution in [0.5, 0.6) is 0 Å². The van der Waals surface area contributed by atoms with Crippen LogP contribution in [-0.4, -0.2) is 7.05 Å². The molecule has 116 valence electrons. The summed E-state index contributed by atoms with van der Waals surface area (Å²) in [7, 11) is 1.97. The van der Waals surface area contributed by atoms with E-state index in [0.717, 1.165) is 36.1 Å². The molecule has 2 rings (SSSR count). The van der Waals surface area contributed by atoms with Crippen LogP contribution in [-0.2, 0) is 6.42 Å². The Kier molecular flexibility index (Phi) is 5.26. The van der Waals surface area contributed by atoms with Crippen molar-refractivity contribution in [3.8, 4) is 0 Å². The van der Waals surface area contributed by atoms with Gasteiger partial charge in [-0.2, -0.15) is 0 Å². The van der Waals surface area contributed by atoms with Gasteiger partial charge in [-0.05, 0) is 49.0 Å². The molecule has 2 nitrogen and oxygen atoms in total. The number of likely N-dealkylation sites (N-methyl/N-ethyl adjacent to an activating group) is 1. The van der Waals surface area contributed by atoms with Crippen molar-refractivity contribution in [2.24, 2.45) is 5.73 Å². The monoisotopic (exact) mass is 294 g/mol. The summed E-state index contributed by atoms with van der Waals surface area (Å²) in [6, 6.07) is 8.49. The number of allylic oxidation sites excluding steroid dienone is 5. The molecule has 0 fully saturated rings. The van der Waals surface area contributed by atoms with Crippen LogP contribution in [0.4, 0.5) is 0 Å². The molecule has 0 aromatic heterocycles. The molecule has 0 atom stereocenters. The lowest BCUT2D eigenvalue weighted by Gasteiger charge is -2.19. The Hall–Kier alpha value is -2.22. The second-order valence-electron chi connectivity index (χ2n) is 5.79. The normalized spacial score (nSPS) is 15.6. The molecule has 0 amide bonds. The number of nitrogens with two attached hydrogens (primary N) is 1. The highest BCUT2D eigenvalue weighted by Crippen LogP contribution is 2.28. The van der Waals surface area contributed by atoms with Gasteiger partial charge in [0, 0.05) is 30.4 Å². The molecule has 0 heterocycles. The summed E-state index contributed by atoms with van der Waals surface area (Å²) in [6.07, 6.45) is 7.23. The molecular weight excluding hydrogens is 268 g/mol. The van der Waals surface area contributed by atoms with Crippen molar-refractivity contribution < 1.29 is 0 Å². The van der Waals surface area contributed by atoms with Gasteiger partial charge in [-0.1, -0.05) is 43.0 Å². The minimum Gasteiger partial charge on any atom is -0.398 e. The van der Waals surface area contributed by atoms with Crippen molar-refractivity contribution in [2.45, 2.75) is 33.1 Å². The Morgan fingerprint density at radius 3 is 2.55 bits per heavy atom. The van der Waals surface area contributed by atoms with Crippen molar-refractivity contribution in [2.75, 3.05) is 7.05 Å². The highest BCUT2D eigenvalue weighted by molar-refractivity contribution is 5.55. The summed E-state index contributed by atoms with van der Waals surface area (Å²) in [4.78, 5) is 0. The second-order valence-corrected chi connectivity index (χ2v) is 5.79. The van der Waals surface area contributed by atoms with Crippen LogP contribution in [0.1, 0.15) is 30.9 Å². The van der Waals surface area contributed by atoms with Crippen molar-refractivity contribution in [3.05, 3.63) is 82.2 Å². The van der Waals surface area contributed by atoms with Crippen molar-refractivity contribution in [1.82, 2.24) is 5.32 Å². The van der Waals surface area contributed by atoms with Crippen LogP contribution in [0.2, 0.25) is 0 Å². The molecule has 0 unspecified atom stereocenters. The molecule has 3 N–H and O–H groups in total. The minimum atomic E-state index is 0.849. The summed E-state index contributed by atoms with van der Waals surface area (Å²) >= 11 is 0. The molecule has 1 aliphatic carbocycles. The highest BCUT2D eigenvalue weighted by Gasteiger charge is 2.14. The molecule has 1 aromatic rings. The molecule has 0 saturated heterocycles. The van der Waals surface area contributed by atoms with E-state index in [0.29, 0.717) is 0 Å². The largest absolute Gasteiger partial charge is 0.398 e. The number of nitrogens with one attached hydrogen (secondary N) is 1. The molecule has 1 aliphatic rings. The summed E-state index contributed by atoms with van der Waals surface area (Å²) in [5, 5.41) is 3.34. The zero-order valence-electron chi connectivity index (χ0n) is 13.9. The maximum atomic E-state index is 6.12. The van der Waals surface area contributed by atoms with Gasteiger partial charge in [0.25, 0.3) is 0 Å². The first-order valence-electron chi connectivity index (χ1n) is 7.82. The van der Waals surface area contributed by atoms with Crippen molar-refractivity contribution in [3.63, 3.8) is 0 Å². The topological polar surface area (TPSA) is 38.0 Å². The summed E-state index contributed by atoms with van der Waals surface area (Å²) in [5.74, 6) is 0. The predicted molar refractivity (Wildman–Crippen MR) is 95.4 cm³/mol. The number of aryl methyl sites for hydroxylation is 1. The minimum absolute atomic E-state index is 0.849. The lowest BCUT2D eigenvalue weighted by Crippen LogP contribution is -2.14. The maximum Gasteiger partial charge on any atom is 0.0349 e. The SMILES string of the molecule is C=C(C1=CCCC=C1N)/C(C)=C(/Cc1ccccc1C)NC. The van der Waals surface area contributed by atoms with Crippen LogP contribution in [0.15, 0.2) is 71.1 Å². The van der Waals surface area contributed by atoms with Crippen LogP contribution in [0.25, 0.3) is 0 Å². The van der Waals surface area contributed by atoms with Gasteiger partial charge in [0.15, 0.2) is 0 Å². The Morgan fingerprint density at radius 1 is 1.23 bits per heavy atom. The van der Waals surface area contributed by atoms with E-state index in [1.807, 2.05) is 7.05 Å². The van der Waals surface area contributed by atoms with E-state index in [2.05, 4.69) is 62.2 Å². The highest BCUT2D eigenvalue weighted by atomic mass is 14.8. The lowest BCUT2D eigenvalue weighted by molar-refractivity contribution is 0.890. The quantitative estimate of drug-likeness (QED) is 0.801. The predicted octanol–water partition coefficient (Wildman–Crippen LogP) is 4.15. The first kappa shape index (κ1) is 16.2. The molecule has 0 aliphatic heterocycles. The van der Waals surface area contributed by atoms with Crippen molar-refractivity contribution >= 4 is 0 Å². The number of hydrogen-bond donors (Lipinski definition) is 2. The maximum absolute atomic E-state index is 6.12. The average Bonchev–Trinajstić information content (AvgIpc) is 2.53. The van der Waals surface area contributed by atoms with Crippen LogP contribution in [0, 0.1) is 6.92 Å². The Labute approximate surface area is 134 Å². The molecule has 22 heavy (non-hydrogen) atoms. The molecular formula is C20H26N2. The fourth-order valence-corrected chi connectivity index (χ4v) is 2.78. The van der Waals surface area contributed by atoms with E-state index in [1.165, 1.54) is 22.4 Å². The van der Waals surface area contributed by atoms with Gasteiger partial charge in [-0.25, -0.2) is 0 Å². The van der Waals surface area contributed by atoms with Gasteiger partial charge < -0.3 is 11.1 Å². The van der Waals surface area contributed by atoms with E-state index in [9.17, 15) is 0 Å². The van der Waals surface area contributed by atoms with Gasteiger partial charge >= 0.3 is 0 Å². The van der Waals surface area contributed by atoms with Crippen LogP contribution < -0.4 is 11.1 Å². The van der Waals surface area contributed by atoms with E-state index >= 15 is 0 Å². The smallest absolute Gasteiger partial charge is 0.0349 e. The summed E-state index contributed by atoms with van der Waals surface area (Å²) in [5.41, 5.74) is 14.1. The van der Waals surface area contributed by atoms with Gasteiger partial charge in [-0.15, -0.1) is 0 Å². The number of hydrogen-bond acceptors (Lipinski definition) is 2. The zero-order chi connectivity index (χ0) is 16.1. The van der Waals surface area contributed by atoms with Crippen molar-refractivity contribution in [1.29, 1.82) is 0 Å². The summed E-state index contributed by atoms with van der Waals surface area (Å²) < 4.78 is 0. The fraction of sp³-hybridized carbons (Fsp3) is 0.300. The third kappa shape index (κ3) is 3.51. The molecule has 0 bridgehead atoms. The molecule has 1 aromatic carbocycles. The summed E-state index contributed by atoms with van der Waals surface area (Å²) in [6.45, 7) is 8.54. The lowest BCUT2D eigenvalue weighted by atomic mass is 9.91. The molecule has 2 heteroatoms.